The van der Waals surface area contributed by atoms with Gasteiger partial charge in [0, 0.05) is 23.1 Å². The fourth-order valence-electron chi connectivity index (χ4n) is 5.34. The third-order valence-corrected chi connectivity index (χ3v) is 12.7. The van der Waals surface area contributed by atoms with Gasteiger partial charge in [0.05, 0.1) is 55.4 Å². The fraction of sp³-hybridized carbons (Fsp3) is 0.0606. The van der Waals surface area contributed by atoms with Crippen LogP contribution in [-0.4, -0.2) is 71.6 Å². The number of hydrogen-bond acceptors (Lipinski definition) is 31. The molecule has 0 spiro atoms. The normalized spacial score (nSPS) is 11.6. The van der Waals surface area contributed by atoms with E-state index in [0.717, 1.165) is 18.2 Å². The smallest absolute Gasteiger partial charge is 0.744 e. The topological polar surface area (TPSA) is 443 Å². The van der Waals surface area contributed by atoms with Crippen molar-refractivity contribution in [2.45, 2.75) is 19.6 Å². The number of rotatable bonds is 22. The van der Waals surface area contributed by atoms with Crippen molar-refractivity contribution in [3.8, 4) is 0 Å². The SMILES string of the molecule is Nc1c(N=Nc2cc(Nc3cc(F)nc(F)n3)ccc2S(=O)(=O)[O-])cc(S(=O)(=O)[O-])c(N)c1N=Nc1cc(Nc2nc(F)nc(Nc3ccc(S(=O)(=O)CCOSOO[O-])cc3)n2)ccc1SOO[O-].[Na+].[Na+].[Na+].[Na+]. The maximum atomic E-state index is 14.7. The molecule has 370 valence electrons. The van der Waals surface area contributed by atoms with Crippen LogP contribution in [0.3, 0.4) is 0 Å². The summed E-state index contributed by atoms with van der Waals surface area (Å²) in [7, 11) is -14.7. The van der Waals surface area contributed by atoms with Gasteiger partial charge in [0.2, 0.25) is 17.8 Å². The first kappa shape index (κ1) is 67.3. The molecule has 41 heteroatoms. The molecule has 74 heavy (non-hydrogen) atoms. The van der Waals surface area contributed by atoms with E-state index in [1.165, 1.54) is 42.5 Å². The van der Waals surface area contributed by atoms with E-state index in [4.69, 9.17) is 15.7 Å². The average molecular weight is 1160 g/mol. The van der Waals surface area contributed by atoms with Crippen molar-refractivity contribution in [1.29, 1.82) is 0 Å². The molecule has 0 amide bonds. The van der Waals surface area contributed by atoms with E-state index in [-0.39, 0.29) is 188 Å². The first-order chi connectivity index (χ1) is 33.1. The third-order valence-electron chi connectivity index (χ3n) is 8.26. The van der Waals surface area contributed by atoms with Crippen LogP contribution in [0.4, 0.5) is 82.1 Å². The number of nitrogens with one attached hydrogen (secondary N) is 3. The first-order valence-electron chi connectivity index (χ1n) is 18.0. The average Bonchev–Trinajstić information content (AvgIpc) is 3.27. The Balaban J connectivity index is 0.00000469. The Morgan fingerprint density at radius 3 is 1.77 bits per heavy atom. The molecule has 0 fully saturated rings. The number of sulfone groups is 1. The molecule has 0 atom stereocenters. The Labute approximate surface area is 512 Å². The molecule has 0 radical (unpaired) electrons. The molecule has 4 aromatic carbocycles. The van der Waals surface area contributed by atoms with Gasteiger partial charge in [-0.15, -0.1) is 24.8 Å². The minimum atomic E-state index is -5.49. The van der Waals surface area contributed by atoms with Gasteiger partial charge in [0.15, 0.2) is 22.2 Å². The van der Waals surface area contributed by atoms with Crippen LogP contribution in [0, 0.1) is 18.1 Å². The Hall–Kier alpha value is -2.85. The molecule has 0 aliphatic heterocycles. The van der Waals surface area contributed by atoms with Gasteiger partial charge in [0.25, 0.3) is 0 Å². The van der Waals surface area contributed by atoms with Gasteiger partial charge in [0.1, 0.15) is 48.8 Å². The first-order valence-corrected chi connectivity index (χ1v) is 23.9. The van der Waals surface area contributed by atoms with E-state index in [2.05, 4.69) is 80.1 Å². The van der Waals surface area contributed by atoms with Gasteiger partial charge in [-0.1, -0.05) is 0 Å². The van der Waals surface area contributed by atoms with Crippen molar-refractivity contribution in [3.63, 3.8) is 0 Å². The maximum absolute atomic E-state index is 14.7. The van der Waals surface area contributed by atoms with Crippen molar-refractivity contribution in [1.82, 2.24) is 24.9 Å². The molecule has 0 bridgehead atoms. The summed E-state index contributed by atoms with van der Waals surface area (Å²) in [6.45, 7) is -0.362. The summed E-state index contributed by atoms with van der Waals surface area (Å²) >= 11 is 0.423. The second kappa shape index (κ2) is 30.3. The van der Waals surface area contributed by atoms with E-state index in [9.17, 15) is 58.0 Å². The van der Waals surface area contributed by atoms with Crippen molar-refractivity contribution >= 4 is 123 Å². The van der Waals surface area contributed by atoms with Gasteiger partial charge in [-0.05, 0) is 66.7 Å². The van der Waals surface area contributed by atoms with E-state index in [0.29, 0.717) is 12.1 Å². The number of nitrogens with two attached hydrogens (primary N) is 2. The summed E-state index contributed by atoms with van der Waals surface area (Å²) in [5.41, 5.74) is 8.31. The zero-order valence-corrected chi connectivity index (χ0v) is 49.9. The van der Waals surface area contributed by atoms with Crippen LogP contribution in [0.5, 0.6) is 0 Å². The van der Waals surface area contributed by atoms with E-state index in [1.54, 1.807) is 0 Å². The van der Waals surface area contributed by atoms with E-state index < -0.39 is 104 Å². The zero-order valence-electron chi connectivity index (χ0n) is 37.8. The number of nitrogens with zero attached hydrogens (tertiary/aromatic N) is 9. The Morgan fingerprint density at radius 2 is 1.15 bits per heavy atom. The molecule has 0 saturated carbocycles. The van der Waals surface area contributed by atoms with Gasteiger partial charge in [-0.25, -0.2) is 25.3 Å². The quantitative estimate of drug-likeness (QED) is 0.00403. The number of hydrogen-bond donors (Lipinski definition) is 5. The van der Waals surface area contributed by atoms with Crippen LogP contribution < -0.4 is 156 Å². The molecule has 29 nitrogen and oxygen atoms in total. The van der Waals surface area contributed by atoms with Crippen LogP contribution in [0.15, 0.2) is 113 Å². The molecule has 2 heterocycles. The molecule has 0 unspecified atom stereocenters. The van der Waals surface area contributed by atoms with Crippen LogP contribution in [0.1, 0.15) is 0 Å². The van der Waals surface area contributed by atoms with Gasteiger partial charge < -0.3 is 47.0 Å². The molecule has 7 N–H and O–H groups in total. The number of halogens is 3. The monoisotopic (exact) mass is 1160 g/mol. The van der Waals surface area contributed by atoms with Gasteiger partial charge in [-0.2, -0.15) is 42.4 Å². The molecule has 6 rings (SSSR count). The maximum Gasteiger partial charge on any atom is 1.00 e. The number of nitrogen functional groups attached to an aromatic ring is 2. The largest absolute Gasteiger partial charge is 1.00 e. The second-order valence-corrected chi connectivity index (χ2v) is 18.9. The van der Waals surface area contributed by atoms with Gasteiger partial charge in [-0.3, -0.25) is 14.3 Å². The van der Waals surface area contributed by atoms with Crippen LogP contribution >= 0.6 is 24.4 Å². The van der Waals surface area contributed by atoms with Crippen molar-refractivity contribution in [2.24, 2.45) is 20.5 Å². The van der Waals surface area contributed by atoms with E-state index in [1.807, 2.05) is 0 Å². The van der Waals surface area contributed by atoms with Crippen molar-refractivity contribution < 1.29 is 199 Å². The third kappa shape index (κ3) is 19.3. The summed E-state index contributed by atoms with van der Waals surface area (Å²) in [5, 5.41) is 50.0. The summed E-state index contributed by atoms with van der Waals surface area (Å²) in [6.07, 6.45) is -2.76. The predicted octanol–water partition coefficient (Wildman–Crippen LogP) is -8.06. The molecular formula is C33H23F3N14Na4O15S5. The standard InChI is InChI=1S/C33H27F3N14O15S5.4Na/c34-25-14-26(43-30(35)42-25)39-16-4-8-23(69(55,56)57)20(12-16)48-49-21-13-24(70(58,59)60)28(38)29(27(21)37)50-47-19-11-17(3-7-22(19)66-64-62-51)41-33-45-31(36)44-32(46-33)40-15-1-5-18(6-2-15)68(53,54)10-9-61-67-65-63-52;;;;/h1-8,11-14,51-52H,9-10,37-38H2,(H,39,42,43)(H,55,56,57)(H,58,59,60)(H2,40,41,44,45,46);;;;/q;4*+1/p-4. The van der Waals surface area contributed by atoms with Crippen LogP contribution in [0.2, 0.25) is 0 Å². The summed E-state index contributed by atoms with van der Waals surface area (Å²) in [4.78, 5) is 15.0. The minimum Gasteiger partial charge on any atom is -0.744 e. The molecule has 0 aliphatic carbocycles. The number of azo groups is 2. The Morgan fingerprint density at radius 1 is 0.595 bits per heavy atom. The van der Waals surface area contributed by atoms with E-state index >= 15 is 0 Å². The molecule has 2 aromatic heterocycles. The fourth-order valence-corrected chi connectivity index (χ4v) is 8.38. The minimum absolute atomic E-state index is 0. The number of aromatic nitrogens is 5. The Kier molecular flexibility index (Phi) is 27.6. The Bertz CT molecular complexity index is 3320. The molecule has 0 aliphatic rings. The van der Waals surface area contributed by atoms with Crippen LogP contribution in [0.25, 0.3) is 0 Å². The summed E-state index contributed by atoms with van der Waals surface area (Å²) in [5.74, 6) is -3.03. The predicted molar refractivity (Wildman–Crippen MR) is 226 cm³/mol. The summed E-state index contributed by atoms with van der Waals surface area (Å²) < 4.78 is 153. The second-order valence-electron chi connectivity index (χ2n) is 12.8. The van der Waals surface area contributed by atoms with Crippen molar-refractivity contribution in [2.75, 3.05) is 39.8 Å². The number of anilines is 8. The van der Waals surface area contributed by atoms with Gasteiger partial charge >= 0.3 is 130 Å². The molecule has 6 aromatic rings. The van der Waals surface area contributed by atoms with Crippen molar-refractivity contribution in [3.05, 3.63) is 90.9 Å². The summed E-state index contributed by atoms with van der Waals surface area (Å²) in [6, 6.07) is 12.6. The zero-order chi connectivity index (χ0) is 50.8. The number of benzene rings is 4. The molecular weight excluding hydrogens is 1140 g/mol. The van der Waals surface area contributed by atoms with Crippen LogP contribution in [-0.2, 0) is 53.0 Å². The molecule has 0 saturated heterocycles.